The Hall–Kier alpha value is -6.27. The molecule has 322 valence electrons. The molecule has 5 aliphatic rings. The molecule has 4 aliphatic heterocycles. The number of alkyl halides is 1. The van der Waals surface area contributed by atoms with Crippen LogP contribution >= 0.6 is 0 Å². The molecule has 15 heteroatoms. The molecule has 14 nitrogen and oxygen atoms in total. The highest BCUT2D eigenvalue weighted by molar-refractivity contribution is 6.05. The molecule has 9 rings (SSSR count). The number of fused-ring (bicyclic) bond motifs is 2. The van der Waals surface area contributed by atoms with Gasteiger partial charge in [0.15, 0.2) is 0 Å². The van der Waals surface area contributed by atoms with Crippen LogP contribution in [0.4, 0.5) is 15.8 Å². The van der Waals surface area contributed by atoms with Crippen LogP contribution in [0.2, 0.25) is 0 Å². The lowest BCUT2D eigenvalue weighted by Crippen LogP contribution is -2.74. The summed E-state index contributed by atoms with van der Waals surface area (Å²) in [5.41, 5.74) is 1.98. The third kappa shape index (κ3) is 7.23. The lowest BCUT2D eigenvalue weighted by Gasteiger charge is -2.63. The second-order valence-electron chi connectivity index (χ2n) is 18.8. The highest BCUT2D eigenvalue weighted by Gasteiger charge is 2.64. The van der Waals surface area contributed by atoms with Gasteiger partial charge in [0.05, 0.1) is 17.6 Å². The Morgan fingerprint density at radius 2 is 1.63 bits per heavy atom. The van der Waals surface area contributed by atoms with Crippen LogP contribution in [0.15, 0.2) is 71.5 Å². The van der Waals surface area contributed by atoms with E-state index in [0.29, 0.717) is 72.4 Å². The number of piperazine rings is 1. The molecule has 4 aromatic rings. The molecular formula is C47H51FN8O6. The van der Waals surface area contributed by atoms with Gasteiger partial charge in [-0.3, -0.25) is 34.2 Å². The van der Waals surface area contributed by atoms with Gasteiger partial charge in [0.25, 0.3) is 11.8 Å². The van der Waals surface area contributed by atoms with Crippen molar-refractivity contribution in [3.63, 3.8) is 0 Å². The van der Waals surface area contributed by atoms with E-state index in [4.69, 9.17) is 4.74 Å². The minimum atomic E-state index is -1.39. The minimum absolute atomic E-state index is 0.172. The molecule has 1 aliphatic carbocycles. The fourth-order valence-corrected chi connectivity index (χ4v) is 10.9. The van der Waals surface area contributed by atoms with Gasteiger partial charge in [-0.1, -0.05) is 27.7 Å². The third-order valence-electron chi connectivity index (χ3n) is 13.9. The summed E-state index contributed by atoms with van der Waals surface area (Å²) in [4.78, 5) is 73.7. The molecule has 3 saturated heterocycles. The smallest absolute Gasteiger partial charge is 0.255 e. The van der Waals surface area contributed by atoms with E-state index in [9.17, 15) is 29.2 Å². The number of imide groups is 1. The van der Waals surface area contributed by atoms with Crippen molar-refractivity contribution in [3.05, 3.63) is 99.3 Å². The molecule has 4 amide bonds. The van der Waals surface area contributed by atoms with Crippen LogP contribution in [0.3, 0.4) is 0 Å². The number of carbonyl (C=O) groups is 4. The number of nitrogens with zero attached hydrogens (tertiary/aromatic N) is 5. The summed E-state index contributed by atoms with van der Waals surface area (Å²) in [5.74, 6) is -0.597. The fourth-order valence-electron chi connectivity index (χ4n) is 10.9. The number of nitriles is 1. The van der Waals surface area contributed by atoms with Crippen molar-refractivity contribution in [1.82, 2.24) is 25.4 Å². The van der Waals surface area contributed by atoms with Gasteiger partial charge in [0.1, 0.15) is 29.6 Å². The zero-order chi connectivity index (χ0) is 43.7. The normalized spacial score (nSPS) is 25.6. The van der Waals surface area contributed by atoms with Crippen LogP contribution in [0, 0.1) is 22.2 Å². The van der Waals surface area contributed by atoms with Gasteiger partial charge in [0, 0.05) is 109 Å². The predicted octanol–water partition coefficient (Wildman–Crippen LogP) is 4.51. The Morgan fingerprint density at radius 3 is 2.34 bits per heavy atom. The Balaban J connectivity index is 0.765. The Labute approximate surface area is 359 Å². The highest BCUT2D eigenvalue weighted by Crippen LogP contribution is 2.56. The molecule has 2 unspecified atom stereocenters. The molecule has 3 aromatic carbocycles. The van der Waals surface area contributed by atoms with Crippen molar-refractivity contribution in [2.45, 2.75) is 77.4 Å². The van der Waals surface area contributed by atoms with Gasteiger partial charge >= 0.3 is 0 Å². The maximum atomic E-state index is 16.4. The summed E-state index contributed by atoms with van der Waals surface area (Å²) in [7, 11) is 0. The minimum Gasteiger partial charge on any atom is -0.488 e. The maximum absolute atomic E-state index is 16.4. The quantitative estimate of drug-likeness (QED) is 0.204. The number of hydrogen-bond acceptors (Lipinski definition) is 10. The number of halogens is 1. The summed E-state index contributed by atoms with van der Waals surface area (Å²) in [5, 5.41) is 15.8. The van der Waals surface area contributed by atoms with Gasteiger partial charge in [-0.05, 0) is 72.6 Å². The van der Waals surface area contributed by atoms with E-state index in [0.717, 1.165) is 30.0 Å². The number of rotatable bonds is 9. The number of ether oxygens (including phenoxy) is 1. The Bertz CT molecular complexity index is 2580. The molecule has 5 heterocycles. The number of carbonyl (C=O) groups excluding carboxylic acids is 4. The number of aromatic nitrogens is 1. The van der Waals surface area contributed by atoms with E-state index < -0.39 is 28.4 Å². The molecule has 1 saturated carbocycles. The van der Waals surface area contributed by atoms with Crippen LogP contribution in [0.5, 0.6) is 5.75 Å². The number of amides is 4. The van der Waals surface area contributed by atoms with Crippen molar-refractivity contribution in [2.24, 2.45) is 10.8 Å². The topological polar surface area (TPSA) is 171 Å². The average molecular weight is 843 g/mol. The average Bonchev–Trinajstić information content (AvgIpc) is 3.80. The van der Waals surface area contributed by atoms with Crippen molar-refractivity contribution in [1.29, 1.82) is 5.26 Å². The molecule has 4 fully saturated rings. The van der Waals surface area contributed by atoms with Crippen LogP contribution in [-0.2, 0) is 16.1 Å². The Morgan fingerprint density at radius 1 is 0.903 bits per heavy atom. The number of hydrogen-bond donors (Lipinski definition) is 3. The SMILES string of the molecule is CC1(C)C(NC(=O)c2ccc(N3CCN(CC4(F)CCN(c5ccc6c(c5)CN(C5CCC(=O)NC5=O)C6=O)C4)CC3)cc2)C(C)(C)C1Oc1ccc(C#N)c2[nH]c(=O)ccc12. The van der Waals surface area contributed by atoms with E-state index in [1.165, 1.54) is 11.0 Å². The number of pyridine rings is 1. The zero-order valence-corrected chi connectivity index (χ0v) is 35.4. The van der Waals surface area contributed by atoms with Gasteiger partial charge in [-0.25, -0.2) is 4.39 Å². The second-order valence-corrected chi connectivity index (χ2v) is 18.8. The van der Waals surface area contributed by atoms with Crippen LogP contribution in [0.1, 0.15) is 78.8 Å². The summed E-state index contributed by atoms with van der Waals surface area (Å²) in [6.45, 7) is 12.5. The first-order valence-electron chi connectivity index (χ1n) is 21.4. The van der Waals surface area contributed by atoms with Gasteiger partial charge < -0.3 is 29.7 Å². The molecule has 1 aromatic heterocycles. The molecule has 62 heavy (non-hydrogen) atoms. The van der Waals surface area contributed by atoms with Crippen LogP contribution < -0.4 is 30.7 Å². The number of anilines is 2. The lowest BCUT2D eigenvalue weighted by molar-refractivity contribution is -0.163. The van der Waals surface area contributed by atoms with Crippen molar-refractivity contribution >= 4 is 45.9 Å². The second kappa shape index (κ2) is 15.3. The maximum Gasteiger partial charge on any atom is 0.255 e. The molecule has 3 N–H and O–H groups in total. The Kier molecular flexibility index (Phi) is 10.1. The molecule has 0 spiro atoms. The van der Waals surface area contributed by atoms with Crippen molar-refractivity contribution < 1.29 is 28.3 Å². The fraction of sp³-hybridized carbons (Fsp3) is 0.447. The first kappa shape index (κ1) is 41.1. The zero-order valence-electron chi connectivity index (χ0n) is 35.4. The van der Waals surface area contributed by atoms with Crippen molar-refractivity contribution in [3.8, 4) is 11.8 Å². The van der Waals surface area contributed by atoms with Crippen LogP contribution in [-0.4, -0.2) is 108 Å². The highest BCUT2D eigenvalue weighted by atomic mass is 19.1. The predicted molar refractivity (Wildman–Crippen MR) is 231 cm³/mol. The number of H-pyrrole nitrogens is 1. The van der Waals surface area contributed by atoms with Crippen molar-refractivity contribution in [2.75, 3.05) is 55.6 Å². The summed E-state index contributed by atoms with van der Waals surface area (Å²) in [6.07, 6.45) is 0.627. The summed E-state index contributed by atoms with van der Waals surface area (Å²) >= 11 is 0. The number of benzene rings is 3. The molecule has 2 atom stereocenters. The number of nitrogens with one attached hydrogen (secondary N) is 3. The van der Waals surface area contributed by atoms with Gasteiger partial charge in [0.2, 0.25) is 17.4 Å². The van der Waals surface area contributed by atoms with E-state index in [-0.39, 0.29) is 54.9 Å². The van der Waals surface area contributed by atoms with E-state index in [2.05, 4.69) is 59.2 Å². The molecule has 0 bridgehead atoms. The summed E-state index contributed by atoms with van der Waals surface area (Å²) < 4.78 is 23.0. The number of piperidine rings is 1. The first-order valence-corrected chi connectivity index (χ1v) is 21.4. The van der Waals surface area contributed by atoms with E-state index in [1.807, 2.05) is 41.3 Å². The third-order valence-corrected chi connectivity index (χ3v) is 13.9. The van der Waals surface area contributed by atoms with E-state index >= 15 is 4.39 Å². The monoisotopic (exact) mass is 842 g/mol. The molecular weight excluding hydrogens is 792 g/mol. The van der Waals surface area contributed by atoms with E-state index in [1.54, 1.807) is 24.3 Å². The largest absolute Gasteiger partial charge is 0.488 e. The first-order chi connectivity index (χ1) is 29.5. The molecule has 0 radical (unpaired) electrons. The van der Waals surface area contributed by atoms with Gasteiger partial charge in [-0.2, -0.15) is 5.26 Å². The van der Waals surface area contributed by atoms with Crippen LogP contribution in [0.25, 0.3) is 10.9 Å². The van der Waals surface area contributed by atoms with Gasteiger partial charge in [-0.15, -0.1) is 0 Å². The number of aromatic amines is 1. The lowest BCUT2D eigenvalue weighted by atomic mass is 9.49. The standard InChI is InChI=1S/C47H51FN8O6/c1-45(2)43(46(3,4)44(45)62-36-14-7-29(24-49)39-34(36)12-15-37(57)50-39)52-40(59)28-5-8-31(9-6-28)54-21-19-53(20-22-54)26-47(48)17-18-55(27-47)32-10-11-33-30(23-32)25-56(42(33)61)35-13-16-38(58)51-41(35)60/h5-12,14-15,23,35,43-44H,13,16-22,25-27H2,1-4H3,(H,50,57)(H,52,59)(H,51,58,60). The summed E-state index contributed by atoms with van der Waals surface area (Å²) in [6, 6.07) is 20.9.